The minimum absolute atomic E-state index is 0.147. The fraction of sp³-hybridized carbons (Fsp3) is 0.500. The summed E-state index contributed by atoms with van der Waals surface area (Å²) in [6.45, 7) is 2.22. The van der Waals surface area contributed by atoms with E-state index in [0.29, 0.717) is 12.6 Å². The zero-order chi connectivity index (χ0) is 12.4. The van der Waals surface area contributed by atoms with Gasteiger partial charge >= 0.3 is 6.09 Å². The second-order valence-electron chi connectivity index (χ2n) is 4.95. The predicted molar refractivity (Wildman–Crippen MR) is 68.1 cm³/mol. The van der Waals surface area contributed by atoms with Crippen LogP contribution in [0.15, 0.2) is 30.3 Å². The number of piperidine rings is 1. The SMILES string of the molecule is O=C1OC[C@@H]2[C@H](NCc3ccccc3)CCCN12. The molecule has 2 aliphatic rings. The molecular weight excluding hydrogens is 228 g/mol. The summed E-state index contributed by atoms with van der Waals surface area (Å²) < 4.78 is 5.13. The first-order valence-corrected chi connectivity index (χ1v) is 6.55. The average Bonchev–Trinajstić information content (AvgIpc) is 2.80. The summed E-state index contributed by atoms with van der Waals surface area (Å²) >= 11 is 0. The van der Waals surface area contributed by atoms with Crippen LogP contribution >= 0.6 is 0 Å². The molecule has 4 nitrogen and oxygen atoms in total. The standard InChI is InChI=1S/C14H18N2O2/c17-14-16-8-4-7-12(13(16)10-18-14)15-9-11-5-2-1-3-6-11/h1-3,5-6,12-13,15H,4,7-10H2/t12-,13-/m1/s1. The molecule has 2 saturated heterocycles. The Kier molecular flexibility index (Phi) is 3.19. The van der Waals surface area contributed by atoms with E-state index in [9.17, 15) is 4.79 Å². The molecule has 3 rings (SSSR count). The van der Waals surface area contributed by atoms with E-state index in [0.717, 1.165) is 25.9 Å². The Morgan fingerprint density at radius 1 is 1.33 bits per heavy atom. The molecule has 2 fully saturated rings. The molecule has 0 aromatic heterocycles. The first-order chi connectivity index (χ1) is 8.84. The Hall–Kier alpha value is -1.55. The summed E-state index contributed by atoms with van der Waals surface area (Å²) in [4.78, 5) is 13.4. The van der Waals surface area contributed by atoms with Gasteiger partial charge in [-0.15, -0.1) is 0 Å². The molecule has 0 spiro atoms. The van der Waals surface area contributed by atoms with E-state index in [-0.39, 0.29) is 12.1 Å². The normalized spacial score (nSPS) is 26.9. The van der Waals surface area contributed by atoms with Crippen LogP contribution in [0, 0.1) is 0 Å². The lowest BCUT2D eigenvalue weighted by Gasteiger charge is -2.34. The van der Waals surface area contributed by atoms with Gasteiger partial charge in [0.25, 0.3) is 0 Å². The molecule has 18 heavy (non-hydrogen) atoms. The second kappa shape index (κ2) is 4.98. The van der Waals surface area contributed by atoms with Crippen molar-refractivity contribution in [3.63, 3.8) is 0 Å². The number of rotatable bonds is 3. The van der Waals surface area contributed by atoms with Crippen LogP contribution in [-0.4, -0.2) is 36.2 Å². The Morgan fingerprint density at radius 3 is 3.00 bits per heavy atom. The van der Waals surface area contributed by atoms with Gasteiger partial charge < -0.3 is 15.0 Å². The molecule has 0 unspecified atom stereocenters. The Bertz CT molecular complexity index is 421. The van der Waals surface area contributed by atoms with Crippen molar-refractivity contribution in [2.45, 2.75) is 31.5 Å². The van der Waals surface area contributed by atoms with Gasteiger partial charge in [-0.05, 0) is 18.4 Å². The van der Waals surface area contributed by atoms with Crippen molar-refractivity contribution in [3.8, 4) is 0 Å². The number of amides is 1. The number of cyclic esters (lactones) is 1. The molecule has 2 atom stereocenters. The zero-order valence-electron chi connectivity index (χ0n) is 10.3. The van der Waals surface area contributed by atoms with E-state index in [1.165, 1.54) is 5.56 Å². The van der Waals surface area contributed by atoms with Crippen molar-refractivity contribution >= 4 is 6.09 Å². The third kappa shape index (κ3) is 2.20. The fourth-order valence-corrected chi connectivity index (χ4v) is 2.81. The highest BCUT2D eigenvalue weighted by Gasteiger charge is 2.40. The van der Waals surface area contributed by atoms with Gasteiger partial charge in [0, 0.05) is 19.1 Å². The molecule has 1 N–H and O–H groups in total. The summed E-state index contributed by atoms with van der Waals surface area (Å²) in [6.07, 6.45) is 2.02. The average molecular weight is 246 g/mol. The first-order valence-electron chi connectivity index (χ1n) is 6.55. The molecular formula is C14H18N2O2. The molecule has 1 amide bonds. The number of hydrogen-bond donors (Lipinski definition) is 1. The molecule has 4 heteroatoms. The highest BCUT2D eigenvalue weighted by Crippen LogP contribution is 2.24. The largest absolute Gasteiger partial charge is 0.447 e. The maximum atomic E-state index is 11.5. The zero-order valence-corrected chi connectivity index (χ0v) is 10.3. The lowest BCUT2D eigenvalue weighted by molar-refractivity contribution is 0.148. The predicted octanol–water partition coefficient (Wildman–Crippen LogP) is 1.76. The van der Waals surface area contributed by atoms with E-state index >= 15 is 0 Å². The number of benzene rings is 1. The first kappa shape index (κ1) is 11.5. The molecule has 1 aromatic carbocycles. The number of fused-ring (bicyclic) bond motifs is 1. The molecule has 2 heterocycles. The van der Waals surface area contributed by atoms with Crippen LogP contribution in [0.1, 0.15) is 18.4 Å². The molecule has 0 saturated carbocycles. The van der Waals surface area contributed by atoms with Crippen LogP contribution in [0.25, 0.3) is 0 Å². The van der Waals surface area contributed by atoms with Crippen molar-refractivity contribution in [2.24, 2.45) is 0 Å². The van der Waals surface area contributed by atoms with Gasteiger partial charge in [0.2, 0.25) is 0 Å². The summed E-state index contributed by atoms with van der Waals surface area (Å²) in [5, 5.41) is 3.56. The Labute approximate surface area is 107 Å². The van der Waals surface area contributed by atoms with Gasteiger partial charge in [0.1, 0.15) is 6.61 Å². The summed E-state index contributed by atoms with van der Waals surface area (Å²) in [6, 6.07) is 10.9. The van der Waals surface area contributed by atoms with Gasteiger partial charge in [-0.3, -0.25) is 0 Å². The lowest BCUT2D eigenvalue weighted by atomic mass is 9.97. The Balaban J connectivity index is 1.61. The quantitative estimate of drug-likeness (QED) is 0.883. The van der Waals surface area contributed by atoms with E-state index < -0.39 is 0 Å². The minimum Gasteiger partial charge on any atom is -0.447 e. The highest BCUT2D eigenvalue weighted by molar-refractivity contribution is 5.70. The number of hydrogen-bond acceptors (Lipinski definition) is 3. The van der Waals surface area contributed by atoms with Gasteiger partial charge in [-0.25, -0.2) is 4.79 Å². The van der Waals surface area contributed by atoms with Crippen molar-refractivity contribution in [2.75, 3.05) is 13.2 Å². The van der Waals surface area contributed by atoms with E-state index in [4.69, 9.17) is 4.74 Å². The molecule has 2 aliphatic heterocycles. The second-order valence-corrected chi connectivity index (χ2v) is 4.95. The lowest BCUT2D eigenvalue weighted by Crippen LogP contribution is -2.52. The number of nitrogens with one attached hydrogen (secondary N) is 1. The van der Waals surface area contributed by atoms with Gasteiger partial charge in [0.05, 0.1) is 6.04 Å². The number of carbonyl (C=O) groups is 1. The van der Waals surface area contributed by atoms with Gasteiger partial charge in [-0.1, -0.05) is 30.3 Å². The number of carbonyl (C=O) groups excluding carboxylic acids is 1. The van der Waals surface area contributed by atoms with Crippen molar-refractivity contribution in [1.29, 1.82) is 0 Å². The van der Waals surface area contributed by atoms with Crippen LogP contribution in [0.2, 0.25) is 0 Å². The maximum Gasteiger partial charge on any atom is 0.410 e. The molecule has 0 aliphatic carbocycles. The molecule has 1 aromatic rings. The topological polar surface area (TPSA) is 41.6 Å². The van der Waals surface area contributed by atoms with Crippen LogP contribution in [0.4, 0.5) is 4.79 Å². The van der Waals surface area contributed by atoms with Crippen LogP contribution in [0.3, 0.4) is 0 Å². The number of nitrogens with zero attached hydrogens (tertiary/aromatic N) is 1. The third-order valence-corrected chi connectivity index (χ3v) is 3.80. The fourth-order valence-electron chi connectivity index (χ4n) is 2.81. The maximum absolute atomic E-state index is 11.5. The minimum atomic E-state index is -0.147. The summed E-state index contributed by atoms with van der Waals surface area (Å²) in [5.74, 6) is 0. The van der Waals surface area contributed by atoms with Gasteiger partial charge in [0.15, 0.2) is 0 Å². The van der Waals surface area contributed by atoms with Crippen molar-refractivity contribution in [1.82, 2.24) is 10.2 Å². The van der Waals surface area contributed by atoms with E-state index in [2.05, 4.69) is 17.4 Å². The van der Waals surface area contributed by atoms with E-state index in [1.54, 1.807) is 0 Å². The van der Waals surface area contributed by atoms with Crippen LogP contribution in [0.5, 0.6) is 0 Å². The van der Waals surface area contributed by atoms with Crippen LogP contribution in [-0.2, 0) is 11.3 Å². The smallest absolute Gasteiger partial charge is 0.410 e. The van der Waals surface area contributed by atoms with Crippen LogP contribution < -0.4 is 5.32 Å². The molecule has 0 bridgehead atoms. The monoisotopic (exact) mass is 246 g/mol. The molecule has 96 valence electrons. The third-order valence-electron chi connectivity index (χ3n) is 3.80. The highest BCUT2D eigenvalue weighted by atomic mass is 16.6. The van der Waals surface area contributed by atoms with Crippen molar-refractivity contribution in [3.05, 3.63) is 35.9 Å². The van der Waals surface area contributed by atoms with Gasteiger partial charge in [-0.2, -0.15) is 0 Å². The summed E-state index contributed by atoms with van der Waals surface area (Å²) in [7, 11) is 0. The number of ether oxygens (including phenoxy) is 1. The van der Waals surface area contributed by atoms with Crippen molar-refractivity contribution < 1.29 is 9.53 Å². The summed E-state index contributed by atoms with van der Waals surface area (Å²) in [5.41, 5.74) is 1.28. The molecule has 0 radical (unpaired) electrons. The van der Waals surface area contributed by atoms with E-state index in [1.807, 2.05) is 23.1 Å². The Morgan fingerprint density at radius 2 is 2.17 bits per heavy atom.